The Bertz CT molecular complexity index is 300. The van der Waals surface area contributed by atoms with Crippen LogP contribution in [0.1, 0.15) is 6.42 Å². The van der Waals surface area contributed by atoms with Crippen molar-refractivity contribution in [3.05, 3.63) is 12.4 Å². The zero-order valence-electron chi connectivity index (χ0n) is 8.06. The lowest BCUT2D eigenvalue weighted by Crippen LogP contribution is -2.19. The Balaban J connectivity index is 2.00. The molecule has 2 heterocycles. The number of anilines is 1. The summed E-state index contributed by atoms with van der Waals surface area (Å²) in [6.07, 6.45) is 2.50. The molecule has 1 aromatic heterocycles. The maximum Gasteiger partial charge on any atom is 0.218 e. The van der Waals surface area contributed by atoms with Gasteiger partial charge in [-0.15, -0.1) is 0 Å². The second-order valence-corrected chi connectivity index (χ2v) is 3.15. The summed E-state index contributed by atoms with van der Waals surface area (Å²) in [7, 11) is 1.59. The monoisotopic (exact) mass is 195 g/mol. The number of hydrogen-bond donors (Lipinski definition) is 1. The minimum atomic E-state index is 0.356. The molecule has 0 aliphatic carbocycles. The molecule has 1 fully saturated rings. The Kier molecular flexibility index (Phi) is 2.78. The van der Waals surface area contributed by atoms with Gasteiger partial charge in [-0.3, -0.25) is 0 Å². The number of nitrogens with zero attached hydrogens (tertiary/aromatic N) is 2. The van der Waals surface area contributed by atoms with Crippen molar-refractivity contribution in [3.8, 4) is 5.88 Å². The van der Waals surface area contributed by atoms with Crippen LogP contribution in [0.15, 0.2) is 12.4 Å². The standard InChI is InChI=1S/C9H13N3O2/c1-13-9-4-8(10-6-11-9)12-7-2-3-14-5-7/h4,6-7H,2-3,5H2,1H3,(H,10,11,12). The van der Waals surface area contributed by atoms with Gasteiger partial charge in [0.15, 0.2) is 0 Å². The first kappa shape index (κ1) is 9.21. The average molecular weight is 195 g/mol. The molecule has 76 valence electrons. The van der Waals surface area contributed by atoms with Crippen molar-refractivity contribution in [3.63, 3.8) is 0 Å². The number of hydrogen-bond acceptors (Lipinski definition) is 5. The first-order chi connectivity index (χ1) is 6.88. The van der Waals surface area contributed by atoms with E-state index in [4.69, 9.17) is 9.47 Å². The quantitative estimate of drug-likeness (QED) is 0.768. The van der Waals surface area contributed by atoms with Crippen molar-refractivity contribution in [1.82, 2.24) is 9.97 Å². The summed E-state index contributed by atoms with van der Waals surface area (Å²) < 4.78 is 10.2. The van der Waals surface area contributed by atoms with Gasteiger partial charge in [0.2, 0.25) is 5.88 Å². The minimum absolute atomic E-state index is 0.356. The lowest BCUT2D eigenvalue weighted by Gasteiger charge is -2.10. The van der Waals surface area contributed by atoms with E-state index in [1.54, 1.807) is 13.2 Å². The zero-order valence-corrected chi connectivity index (χ0v) is 8.06. The van der Waals surface area contributed by atoms with Gasteiger partial charge in [-0.2, -0.15) is 0 Å². The molecule has 1 unspecified atom stereocenters. The van der Waals surface area contributed by atoms with Gasteiger partial charge in [-0.05, 0) is 6.42 Å². The minimum Gasteiger partial charge on any atom is -0.481 e. The number of ether oxygens (including phenoxy) is 2. The van der Waals surface area contributed by atoms with Gasteiger partial charge in [0, 0.05) is 12.7 Å². The summed E-state index contributed by atoms with van der Waals surface area (Å²) in [6.45, 7) is 1.56. The maximum absolute atomic E-state index is 5.25. The SMILES string of the molecule is COc1cc(NC2CCOC2)ncn1. The van der Waals surface area contributed by atoms with Crippen molar-refractivity contribution in [2.24, 2.45) is 0 Å². The van der Waals surface area contributed by atoms with Gasteiger partial charge in [0.25, 0.3) is 0 Å². The van der Waals surface area contributed by atoms with Crippen molar-refractivity contribution >= 4 is 5.82 Å². The highest BCUT2D eigenvalue weighted by Crippen LogP contribution is 2.14. The van der Waals surface area contributed by atoms with Crippen LogP contribution in [0.3, 0.4) is 0 Å². The molecule has 0 saturated carbocycles. The highest BCUT2D eigenvalue weighted by atomic mass is 16.5. The normalized spacial score (nSPS) is 20.8. The second-order valence-electron chi connectivity index (χ2n) is 3.15. The summed E-state index contributed by atoms with van der Waals surface area (Å²) >= 11 is 0. The molecule has 1 atom stereocenters. The molecule has 1 saturated heterocycles. The molecule has 1 N–H and O–H groups in total. The van der Waals surface area contributed by atoms with Gasteiger partial charge in [-0.1, -0.05) is 0 Å². The van der Waals surface area contributed by atoms with Crippen LogP contribution in [0.5, 0.6) is 5.88 Å². The Labute approximate surface area is 82.5 Å². The fourth-order valence-corrected chi connectivity index (χ4v) is 1.39. The van der Waals surface area contributed by atoms with Crippen LogP contribution >= 0.6 is 0 Å². The molecule has 5 nitrogen and oxygen atoms in total. The highest BCUT2D eigenvalue weighted by Gasteiger charge is 2.15. The lowest BCUT2D eigenvalue weighted by molar-refractivity contribution is 0.195. The molecule has 0 amide bonds. The molecule has 0 bridgehead atoms. The van der Waals surface area contributed by atoms with Crippen LogP contribution in [0, 0.1) is 0 Å². The highest BCUT2D eigenvalue weighted by molar-refractivity contribution is 5.38. The topological polar surface area (TPSA) is 56.3 Å². The zero-order chi connectivity index (χ0) is 9.80. The molecule has 2 rings (SSSR count). The number of methoxy groups -OCH3 is 1. The summed E-state index contributed by atoms with van der Waals surface area (Å²) in [5.74, 6) is 1.36. The number of nitrogens with one attached hydrogen (secondary N) is 1. The van der Waals surface area contributed by atoms with E-state index < -0.39 is 0 Å². The third-order valence-corrected chi connectivity index (χ3v) is 2.13. The van der Waals surface area contributed by atoms with E-state index in [1.165, 1.54) is 6.33 Å². The van der Waals surface area contributed by atoms with Gasteiger partial charge >= 0.3 is 0 Å². The van der Waals surface area contributed by atoms with E-state index in [-0.39, 0.29) is 0 Å². The first-order valence-corrected chi connectivity index (χ1v) is 4.59. The Morgan fingerprint density at radius 2 is 2.50 bits per heavy atom. The van der Waals surface area contributed by atoms with E-state index >= 15 is 0 Å². The lowest BCUT2D eigenvalue weighted by atomic mass is 10.2. The fourth-order valence-electron chi connectivity index (χ4n) is 1.39. The van der Waals surface area contributed by atoms with E-state index in [9.17, 15) is 0 Å². The van der Waals surface area contributed by atoms with Crippen LogP contribution < -0.4 is 10.1 Å². The Hall–Kier alpha value is -1.36. The molecule has 1 aromatic rings. The number of aromatic nitrogens is 2. The van der Waals surface area contributed by atoms with E-state index in [1.807, 2.05) is 0 Å². The van der Waals surface area contributed by atoms with Crippen LogP contribution in [0.4, 0.5) is 5.82 Å². The predicted molar refractivity (Wildman–Crippen MR) is 51.4 cm³/mol. The third-order valence-electron chi connectivity index (χ3n) is 2.13. The second kappa shape index (κ2) is 4.23. The third kappa shape index (κ3) is 2.11. The summed E-state index contributed by atoms with van der Waals surface area (Å²) in [6, 6.07) is 2.13. The maximum atomic E-state index is 5.25. The van der Waals surface area contributed by atoms with Crippen molar-refractivity contribution in [1.29, 1.82) is 0 Å². The van der Waals surface area contributed by atoms with E-state index in [0.717, 1.165) is 25.5 Å². The van der Waals surface area contributed by atoms with Crippen molar-refractivity contribution in [2.75, 3.05) is 25.6 Å². The molecule has 0 spiro atoms. The molecule has 0 radical (unpaired) electrons. The fraction of sp³-hybridized carbons (Fsp3) is 0.556. The predicted octanol–water partition coefficient (Wildman–Crippen LogP) is 0.686. The molecule has 5 heteroatoms. The Morgan fingerprint density at radius 3 is 3.21 bits per heavy atom. The van der Waals surface area contributed by atoms with Crippen LogP contribution in [-0.2, 0) is 4.74 Å². The van der Waals surface area contributed by atoms with E-state index in [0.29, 0.717) is 11.9 Å². The van der Waals surface area contributed by atoms with E-state index in [2.05, 4.69) is 15.3 Å². The van der Waals surface area contributed by atoms with Crippen LogP contribution in [0.25, 0.3) is 0 Å². The summed E-state index contributed by atoms with van der Waals surface area (Å²) in [5, 5.41) is 3.26. The number of rotatable bonds is 3. The Morgan fingerprint density at radius 1 is 1.57 bits per heavy atom. The van der Waals surface area contributed by atoms with Gasteiger partial charge < -0.3 is 14.8 Å². The van der Waals surface area contributed by atoms with Gasteiger partial charge in [0.1, 0.15) is 12.1 Å². The molecular formula is C9H13N3O2. The van der Waals surface area contributed by atoms with Gasteiger partial charge in [0.05, 0.1) is 19.8 Å². The van der Waals surface area contributed by atoms with Crippen molar-refractivity contribution in [2.45, 2.75) is 12.5 Å². The summed E-state index contributed by atoms with van der Waals surface area (Å²) in [4.78, 5) is 8.02. The first-order valence-electron chi connectivity index (χ1n) is 4.59. The molecular weight excluding hydrogens is 182 g/mol. The molecule has 14 heavy (non-hydrogen) atoms. The molecule has 0 aromatic carbocycles. The summed E-state index contributed by atoms with van der Waals surface area (Å²) in [5.41, 5.74) is 0. The van der Waals surface area contributed by atoms with Crippen LogP contribution in [0.2, 0.25) is 0 Å². The molecule has 1 aliphatic rings. The smallest absolute Gasteiger partial charge is 0.218 e. The van der Waals surface area contributed by atoms with Crippen LogP contribution in [-0.4, -0.2) is 36.3 Å². The van der Waals surface area contributed by atoms with Gasteiger partial charge in [-0.25, -0.2) is 9.97 Å². The largest absolute Gasteiger partial charge is 0.481 e. The molecule has 1 aliphatic heterocycles. The van der Waals surface area contributed by atoms with Crippen molar-refractivity contribution < 1.29 is 9.47 Å². The average Bonchev–Trinajstić information content (AvgIpc) is 2.71.